The Hall–Kier alpha value is -1.46. The number of carbonyl (C=O) groups is 2. The summed E-state index contributed by atoms with van der Waals surface area (Å²) in [5.41, 5.74) is 9.78. The predicted molar refractivity (Wildman–Crippen MR) is 42.2 cm³/mol. The number of carbonyl (C=O) groups excluding carboxylic acids is 2. The maximum atomic E-state index is 10.4. The molecule has 0 aliphatic carbocycles. The van der Waals surface area contributed by atoms with Crippen molar-refractivity contribution >= 4 is 11.8 Å². The molecule has 0 rings (SSSR count). The molecule has 0 aliphatic rings. The predicted octanol–water partition coefficient (Wildman–Crippen LogP) is -0.814. The minimum atomic E-state index is -0.716. The molecule has 0 radical (unpaired) electrons. The largest absolute Gasteiger partial charge is 0.368 e. The van der Waals surface area contributed by atoms with Crippen molar-refractivity contribution in [2.24, 2.45) is 21.7 Å². The molecular formula is C6H12N4O2. The fraction of sp³-hybridized carbons (Fsp3) is 0.667. The highest BCUT2D eigenvalue weighted by molar-refractivity contribution is 5.80. The standard InChI is InChI=1S/C6H12N4O2/c1-3(5(7)11)9-10-4(2)6(8)12/h3-4H,1-2H3,(H2,7,11)(H2,8,12). The molecule has 0 aromatic rings. The normalized spacial score (nSPS) is 15.8. The number of nitrogens with zero attached hydrogens (tertiary/aromatic N) is 2. The molecule has 0 spiro atoms. The van der Waals surface area contributed by atoms with Crippen LogP contribution in [0.3, 0.4) is 0 Å². The number of amides is 2. The molecule has 6 nitrogen and oxygen atoms in total. The first kappa shape index (κ1) is 10.5. The van der Waals surface area contributed by atoms with Crippen LogP contribution in [-0.2, 0) is 9.59 Å². The summed E-state index contributed by atoms with van der Waals surface area (Å²) in [6, 6.07) is -1.43. The quantitative estimate of drug-likeness (QED) is 0.540. The molecule has 0 fully saturated rings. The van der Waals surface area contributed by atoms with E-state index < -0.39 is 23.9 Å². The van der Waals surface area contributed by atoms with Crippen molar-refractivity contribution in [3.8, 4) is 0 Å². The Balaban J connectivity index is 4.06. The summed E-state index contributed by atoms with van der Waals surface area (Å²) in [4.78, 5) is 20.9. The van der Waals surface area contributed by atoms with Crippen LogP contribution < -0.4 is 11.5 Å². The second-order valence-electron chi connectivity index (χ2n) is 2.39. The van der Waals surface area contributed by atoms with E-state index in [1.54, 1.807) is 0 Å². The number of nitrogens with two attached hydrogens (primary N) is 2. The van der Waals surface area contributed by atoms with Crippen LogP contribution in [0.1, 0.15) is 13.8 Å². The van der Waals surface area contributed by atoms with Gasteiger partial charge in [0.1, 0.15) is 12.1 Å². The van der Waals surface area contributed by atoms with Crippen LogP contribution in [-0.4, -0.2) is 23.9 Å². The van der Waals surface area contributed by atoms with E-state index >= 15 is 0 Å². The lowest BCUT2D eigenvalue weighted by Gasteiger charge is -2.00. The fourth-order valence-electron chi connectivity index (χ4n) is 0.314. The number of primary amides is 2. The number of hydrogen-bond donors (Lipinski definition) is 2. The second-order valence-corrected chi connectivity index (χ2v) is 2.39. The third-order valence-electron chi connectivity index (χ3n) is 1.24. The first-order valence-corrected chi connectivity index (χ1v) is 3.43. The molecule has 0 saturated heterocycles. The lowest BCUT2D eigenvalue weighted by atomic mass is 10.3. The van der Waals surface area contributed by atoms with Crippen molar-refractivity contribution in [3.63, 3.8) is 0 Å². The van der Waals surface area contributed by atoms with Gasteiger partial charge in [-0.2, -0.15) is 10.2 Å². The Morgan fingerprint density at radius 2 is 1.25 bits per heavy atom. The maximum absolute atomic E-state index is 10.4. The Bertz CT molecular complexity index is 192. The minimum absolute atomic E-state index is 0.588. The van der Waals surface area contributed by atoms with Gasteiger partial charge in [0.15, 0.2) is 0 Å². The maximum Gasteiger partial charge on any atom is 0.243 e. The SMILES string of the molecule is CC(N=NC(C)C(N)=O)C(N)=O. The molecule has 0 aromatic carbocycles. The lowest BCUT2D eigenvalue weighted by molar-refractivity contribution is -0.120. The average Bonchev–Trinajstić information content (AvgIpc) is 1.98. The molecule has 2 atom stereocenters. The Morgan fingerprint density at radius 3 is 1.42 bits per heavy atom. The number of rotatable bonds is 4. The zero-order chi connectivity index (χ0) is 9.72. The van der Waals surface area contributed by atoms with Crippen molar-refractivity contribution in [2.75, 3.05) is 0 Å². The molecule has 0 aliphatic heterocycles. The van der Waals surface area contributed by atoms with Crippen molar-refractivity contribution in [1.29, 1.82) is 0 Å². The molecule has 2 amide bonds. The van der Waals surface area contributed by atoms with Crippen LogP contribution in [0, 0.1) is 0 Å². The van der Waals surface area contributed by atoms with Gasteiger partial charge in [0, 0.05) is 0 Å². The summed E-state index contributed by atoms with van der Waals surface area (Å²) >= 11 is 0. The van der Waals surface area contributed by atoms with E-state index in [2.05, 4.69) is 10.2 Å². The lowest BCUT2D eigenvalue weighted by Crippen LogP contribution is -2.26. The zero-order valence-corrected chi connectivity index (χ0v) is 7.02. The van der Waals surface area contributed by atoms with Gasteiger partial charge in [0.05, 0.1) is 0 Å². The van der Waals surface area contributed by atoms with E-state index in [0.717, 1.165) is 0 Å². The van der Waals surface area contributed by atoms with Gasteiger partial charge in [-0.1, -0.05) is 0 Å². The molecule has 68 valence electrons. The van der Waals surface area contributed by atoms with Gasteiger partial charge in [-0.15, -0.1) is 0 Å². The van der Waals surface area contributed by atoms with Crippen molar-refractivity contribution < 1.29 is 9.59 Å². The van der Waals surface area contributed by atoms with Crippen LogP contribution in [0.5, 0.6) is 0 Å². The van der Waals surface area contributed by atoms with Crippen LogP contribution in [0.25, 0.3) is 0 Å². The second kappa shape index (κ2) is 4.42. The van der Waals surface area contributed by atoms with E-state index in [4.69, 9.17) is 11.5 Å². The Labute approximate surface area is 70.0 Å². The Kier molecular flexibility index (Phi) is 3.89. The van der Waals surface area contributed by atoms with Crippen LogP contribution in [0.4, 0.5) is 0 Å². The third kappa shape index (κ3) is 3.65. The summed E-state index contributed by atoms with van der Waals surface area (Å²) in [6.45, 7) is 2.97. The summed E-state index contributed by atoms with van der Waals surface area (Å²) in [5, 5.41) is 6.99. The highest BCUT2D eigenvalue weighted by atomic mass is 16.2. The van der Waals surface area contributed by atoms with Crippen LogP contribution in [0.2, 0.25) is 0 Å². The Morgan fingerprint density at radius 1 is 1.00 bits per heavy atom. The number of azo groups is 1. The van der Waals surface area contributed by atoms with Gasteiger partial charge in [-0.3, -0.25) is 9.59 Å². The fourth-order valence-corrected chi connectivity index (χ4v) is 0.314. The smallest absolute Gasteiger partial charge is 0.243 e. The van der Waals surface area contributed by atoms with Crippen molar-refractivity contribution in [2.45, 2.75) is 25.9 Å². The van der Waals surface area contributed by atoms with Crippen molar-refractivity contribution in [1.82, 2.24) is 0 Å². The molecule has 0 saturated carbocycles. The highest BCUT2D eigenvalue weighted by Crippen LogP contribution is 1.94. The first-order chi connectivity index (χ1) is 5.45. The molecule has 0 bridgehead atoms. The van der Waals surface area contributed by atoms with E-state index in [0.29, 0.717) is 0 Å². The zero-order valence-electron chi connectivity index (χ0n) is 7.02. The van der Waals surface area contributed by atoms with Gasteiger partial charge >= 0.3 is 0 Å². The molecule has 0 heterocycles. The summed E-state index contributed by atoms with van der Waals surface area (Å²) in [5.74, 6) is -1.18. The molecule has 2 unspecified atom stereocenters. The molecule has 4 N–H and O–H groups in total. The summed E-state index contributed by atoms with van der Waals surface area (Å²) < 4.78 is 0. The van der Waals surface area contributed by atoms with E-state index in [9.17, 15) is 9.59 Å². The topological polar surface area (TPSA) is 111 Å². The van der Waals surface area contributed by atoms with Gasteiger partial charge in [0.2, 0.25) is 11.8 Å². The van der Waals surface area contributed by atoms with Gasteiger partial charge < -0.3 is 11.5 Å². The summed E-state index contributed by atoms with van der Waals surface area (Å²) in [6.07, 6.45) is 0. The molecule has 0 aromatic heterocycles. The van der Waals surface area contributed by atoms with Crippen LogP contribution in [0.15, 0.2) is 10.2 Å². The van der Waals surface area contributed by atoms with Gasteiger partial charge in [-0.25, -0.2) is 0 Å². The van der Waals surface area contributed by atoms with Crippen molar-refractivity contribution in [3.05, 3.63) is 0 Å². The monoisotopic (exact) mass is 172 g/mol. The molecular weight excluding hydrogens is 160 g/mol. The third-order valence-corrected chi connectivity index (χ3v) is 1.24. The van der Waals surface area contributed by atoms with E-state index in [1.165, 1.54) is 13.8 Å². The highest BCUT2D eigenvalue weighted by Gasteiger charge is 2.09. The summed E-state index contributed by atoms with van der Waals surface area (Å²) in [7, 11) is 0. The van der Waals surface area contributed by atoms with Crippen LogP contribution >= 0.6 is 0 Å². The van der Waals surface area contributed by atoms with E-state index in [1.807, 2.05) is 0 Å². The molecule has 12 heavy (non-hydrogen) atoms. The molecule has 6 heteroatoms. The van der Waals surface area contributed by atoms with Gasteiger partial charge in [-0.05, 0) is 13.8 Å². The van der Waals surface area contributed by atoms with E-state index in [-0.39, 0.29) is 0 Å². The minimum Gasteiger partial charge on any atom is -0.368 e. The van der Waals surface area contributed by atoms with Gasteiger partial charge in [0.25, 0.3) is 0 Å². The first-order valence-electron chi connectivity index (χ1n) is 3.43. The number of hydrogen-bond acceptors (Lipinski definition) is 4. The average molecular weight is 172 g/mol.